The number of amides is 1. The highest BCUT2D eigenvalue weighted by Gasteiger charge is 2.34. The van der Waals surface area contributed by atoms with Crippen molar-refractivity contribution < 1.29 is 17.9 Å². The maximum Gasteiger partial charge on any atom is 0.243 e. The average Bonchev–Trinajstić information content (AvgIpc) is 2.68. The van der Waals surface area contributed by atoms with Crippen LogP contribution in [0.15, 0.2) is 29.2 Å². The third kappa shape index (κ3) is 4.49. The highest BCUT2D eigenvalue weighted by Crippen LogP contribution is 2.26. The Morgan fingerprint density at radius 1 is 1.08 bits per heavy atom. The van der Waals surface area contributed by atoms with E-state index in [0.29, 0.717) is 31.7 Å². The SMILES string of the molecule is COc1ccc(S(=O)(=O)N2CCC(C(=O)N3CCNCC3)CC2)cc1.Cl. The number of hydrogen-bond acceptors (Lipinski definition) is 5. The fraction of sp³-hybridized carbons (Fsp3) is 0.588. The molecule has 7 nitrogen and oxygen atoms in total. The number of benzene rings is 1. The number of rotatable bonds is 4. The lowest BCUT2D eigenvalue weighted by atomic mass is 9.96. The van der Waals surface area contributed by atoms with Gasteiger partial charge in [0, 0.05) is 45.2 Å². The topological polar surface area (TPSA) is 79.0 Å². The Morgan fingerprint density at radius 2 is 1.65 bits per heavy atom. The molecule has 146 valence electrons. The van der Waals surface area contributed by atoms with Crippen LogP contribution in [0.1, 0.15) is 12.8 Å². The standard InChI is InChI=1S/C17H25N3O4S.ClH/c1-24-15-2-4-16(5-3-15)25(22,23)20-10-6-14(7-11-20)17(21)19-12-8-18-9-13-19;/h2-5,14,18H,6-13H2,1H3;1H. The van der Waals surface area contributed by atoms with Crippen LogP contribution in [0.25, 0.3) is 0 Å². The molecule has 26 heavy (non-hydrogen) atoms. The number of carbonyl (C=O) groups excluding carboxylic acids is 1. The summed E-state index contributed by atoms with van der Waals surface area (Å²) in [6, 6.07) is 6.42. The number of halogens is 1. The lowest BCUT2D eigenvalue weighted by molar-refractivity contribution is -0.137. The second kappa shape index (κ2) is 9.03. The molecule has 0 atom stereocenters. The molecule has 0 bridgehead atoms. The normalized spacial score (nSPS) is 19.7. The molecule has 3 rings (SSSR count). The van der Waals surface area contributed by atoms with Gasteiger partial charge in [0.15, 0.2) is 0 Å². The first-order valence-electron chi connectivity index (χ1n) is 8.66. The number of piperazine rings is 1. The molecule has 2 heterocycles. The Kier molecular flexibility index (Phi) is 7.28. The van der Waals surface area contributed by atoms with Crippen molar-refractivity contribution in [3.8, 4) is 5.75 Å². The fourth-order valence-electron chi connectivity index (χ4n) is 3.38. The zero-order valence-corrected chi connectivity index (χ0v) is 16.5. The highest BCUT2D eigenvalue weighted by atomic mass is 35.5. The van der Waals surface area contributed by atoms with Gasteiger partial charge < -0.3 is 15.0 Å². The van der Waals surface area contributed by atoms with Crippen molar-refractivity contribution in [3.63, 3.8) is 0 Å². The molecule has 2 aliphatic rings. The van der Waals surface area contributed by atoms with Crippen molar-refractivity contribution in [2.75, 3.05) is 46.4 Å². The van der Waals surface area contributed by atoms with Gasteiger partial charge in [-0.3, -0.25) is 4.79 Å². The number of nitrogens with zero attached hydrogens (tertiary/aromatic N) is 2. The minimum absolute atomic E-state index is 0. The van der Waals surface area contributed by atoms with Crippen molar-refractivity contribution >= 4 is 28.3 Å². The number of carbonyl (C=O) groups is 1. The number of nitrogens with one attached hydrogen (secondary N) is 1. The minimum Gasteiger partial charge on any atom is -0.497 e. The van der Waals surface area contributed by atoms with Gasteiger partial charge in [-0.15, -0.1) is 12.4 Å². The monoisotopic (exact) mass is 403 g/mol. The first-order valence-corrected chi connectivity index (χ1v) is 10.1. The van der Waals surface area contributed by atoms with Crippen LogP contribution in [-0.4, -0.2) is 69.9 Å². The lowest BCUT2D eigenvalue weighted by Crippen LogP contribution is -2.50. The molecule has 1 aromatic rings. The summed E-state index contributed by atoms with van der Waals surface area (Å²) in [5.74, 6) is 0.725. The summed E-state index contributed by atoms with van der Waals surface area (Å²) < 4.78 is 32.0. The summed E-state index contributed by atoms with van der Waals surface area (Å²) in [7, 11) is -1.97. The first kappa shape index (κ1) is 21.0. The Hall–Kier alpha value is -1.35. The maximum atomic E-state index is 12.7. The van der Waals surface area contributed by atoms with E-state index < -0.39 is 10.0 Å². The van der Waals surface area contributed by atoms with Gasteiger partial charge >= 0.3 is 0 Å². The molecule has 2 aliphatic heterocycles. The van der Waals surface area contributed by atoms with E-state index in [1.807, 2.05) is 4.90 Å². The molecule has 1 amide bonds. The van der Waals surface area contributed by atoms with Crippen LogP contribution < -0.4 is 10.1 Å². The lowest BCUT2D eigenvalue weighted by Gasteiger charge is -2.35. The van der Waals surface area contributed by atoms with Crippen molar-refractivity contribution in [1.82, 2.24) is 14.5 Å². The highest BCUT2D eigenvalue weighted by molar-refractivity contribution is 7.89. The van der Waals surface area contributed by atoms with Crippen LogP contribution in [0, 0.1) is 5.92 Å². The molecular formula is C17H26ClN3O4S. The molecule has 9 heteroatoms. The van der Waals surface area contributed by atoms with Gasteiger partial charge in [0.1, 0.15) is 5.75 Å². The quantitative estimate of drug-likeness (QED) is 0.809. The zero-order chi connectivity index (χ0) is 17.9. The van der Waals surface area contributed by atoms with Gasteiger partial charge in [-0.25, -0.2) is 8.42 Å². The van der Waals surface area contributed by atoms with Gasteiger partial charge in [0.25, 0.3) is 0 Å². The summed E-state index contributed by atoms with van der Waals surface area (Å²) in [6.45, 7) is 3.91. The van der Waals surface area contributed by atoms with Gasteiger partial charge in [-0.05, 0) is 37.1 Å². The van der Waals surface area contributed by atoms with E-state index in [2.05, 4.69) is 5.32 Å². The summed E-state index contributed by atoms with van der Waals surface area (Å²) in [5.41, 5.74) is 0. The zero-order valence-electron chi connectivity index (χ0n) is 14.9. The number of piperidine rings is 1. The second-order valence-corrected chi connectivity index (χ2v) is 8.37. The largest absolute Gasteiger partial charge is 0.497 e. The Morgan fingerprint density at radius 3 is 2.19 bits per heavy atom. The predicted molar refractivity (Wildman–Crippen MR) is 101 cm³/mol. The molecule has 1 N–H and O–H groups in total. The minimum atomic E-state index is -3.52. The molecule has 0 spiro atoms. The Bertz CT molecular complexity index is 697. The third-order valence-electron chi connectivity index (χ3n) is 4.93. The van der Waals surface area contributed by atoms with Gasteiger partial charge in [0.2, 0.25) is 15.9 Å². The molecule has 0 aromatic heterocycles. The molecule has 0 saturated carbocycles. The number of sulfonamides is 1. The van der Waals surface area contributed by atoms with Crippen molar-refractivity contribution in [3.05, 3.63) is 24.3 Å². The molecule has 2 fully saturated rings. The van der Waals surface area contributed by atoms with Crippen LogP contribution in [0.5, 0.6) is 5.75 Å². The number of methoxy groups -OCH3 is 1. The smallest absolute Gasteiger partial charge is 0.243 e. The molecule has 1 aromatic carbocycles. The summed E-state index contributed by atoms with van der Waals surface area (Å²) in [6.07, 6.45) is 1.16. The average molecular weight is 404 g/mol. The maximum absolute atomic E-state index is 12.7. The number of ether oxygens (including phenoxy) is 1. The van der Waals surface area contributed by atoms with Crippen LogP contribution in [0.3, 0.4) is 0 Å². The van der Waals surface area contributed by atoms with E-state index in [4.69, 9.17) is 4.74 Å². The van der Waals surface area contributed by atoms with Crippen LogP contribution in [0.4, 0.5) is 0 Å². The summed E-state index contributed by atoms with van der Waals surface area (Å²) in [5, 5.41) is 3.24. The third-order valence-corrected chi connectivity index (χ3v) is 6.84. The Balaban J connectivity index is 0.00000243. The second-order valence-electron chi connectivity index (χ2n) is 6.43. The van der Waals surface area contributed by atoms with Crippen molar-refractivity contribution in [2.24, 2.45) is 5.92 Å². The van der Waals surface area contributed by atoms with Crippen LogP contribution in [0.2, 0.25) is 0 Å². The van der Waals surface area contributed by atoms with Crippen LogP contribution in [-0.2, 0) is 14.8 Å². The van der Waals surface area contributed by atoms with Crippen molar-refractivity contribution in [2.45, 2.75) is 17.7 Å². The van der Waals surface area contributed by atoms with E-state index in [-0.39, 0.29) is 29.1 Å². The Labute approximate surface area is 161 Å². The molecule has 0 radical (unpaired) electrons. The summed E-state index contributed by atoms with van der Waals surface area (Å²) >= 11 is 0. The van der Waals surface area contributed by atoms with E-state index in [9.17, 15) is 13.2 Å². The van der Waals surface area contributed by atoms with Crippen LogP contribution >= 0.6 is 12.4 Å². The van der Waals surface area contributed by atoms with E-state index in [1.165, 1.54) is 4.31 Å². The van der Waals surface area contributed by atoms with E-state index >= 15 is 0 Å². The predicted octanol–water partition coefficient (Wildman–Crippen LogP) is 0.950. The molecule has 2 saturated heterocycles. The van der Waals surface area contributed by atoms with Crippen molar-refractivity contribution in [1.29, 1.82) is 0 Å². The number of hydrogen-bond donors (Lipinski definition) is 1. The summed E-state index contributed by atoms with van der Waals surface area (Å²) in [4.78, 5) is 14.7. The van der Waals surface area contributed by atoms with Gasteiger partial charge in [-0.2, -0.15) is 4.31 Å². The van der Waals surface area contributed by atoms with Gasteiger partial charge in [0.05, 0.1) is 12.0 Å². The molecular weight excluding hydrogens is 378 g/mol. The van der Waals surface area contributed by atoms with E-state index in [1.54, 1.807) is 31.4 Å². The fourth-order valence-corrected chi connectivity index (χ4v) is 4.85. The van der Waals surface area contributed by atoms with E-state index in [0.717, 1.165) is 26.2 Å². The molecule has 0 aliphatic carbocycles. The first-order chi connectivity index (χ1) is 12.0. The molecule has 0 unspecified atom stereocenters. The van der Waals surface area contributed by atoms with Gasteiger partial charge in [-0.1, -0.05) is 0 Å².